The van der Waals surface area contributed by atoms with E-state index in [1.807, 2.05) is 13.8 Å². The van der Waals surface area contributed by atoms with Gasteiger partial charge in [-0.15, -0.1) is 0 Å². The van der Waals surface area contributed by atoms with E-state index < -0.39 is 0 Å². The van der Waals surface area contributed by atoms with Crippen molar-refractivity contribution in [2.45, 2.75) is 19.9 Å². The van der Waals surface area contributed by atoms with E-state index in [9.17, 15) is 9.59 Å². The summed E-state index contributed by atoms with van der Waals surface area (Å²) in [7, 11) is 1.56. The van der Waals surface area contributed by atoms with Gasteiger partial charge in [-0.1, -0.05) is 0 Å². The number of aromatic nitrogens is 1. The third-order valence-electron chi connectivity index (χ3n) is 2.18. The van der Waals surface area contributed by atoms with Crippen LogP contribution in [-0.4, -0.2) is 41.3 Å². The van der Waals surface area contributed by atoms with Crippen molar-refractivity contribution in [3.05, 3.63) is 24.0 Å². The first kappa shape index (κ1) is 14.0. The number of hydrogen-bond acceptors (Lipinski definition) is 4. The summed E-state index contributed by atoms with van der Waals surface area (Å²) in [5.74, 6) is -0.509. The van der Waals surface area contributed by atoms with Gasteiger partial charge in [-0.2, -0.15) is 0 Å². The molecule has 3 N–H and O–H groups in total. The fraction of sp³-hybridized carbons (Fsp3) is 0.417. The molecule has 1 aromatic rings. The van der Waals surface area contributed by atoms with E-state index in [2.05, 4.69) is 10.3 Å². The van der Waals surface area contributed by atoms with Crippen LogP contribution in [0.3, 0.4) is 0 Å². The van der Waals surface area contributed by atoms with Crippen molar-refractivity contribution in [2.75, 3.05) is 19.3 Å². The number of rotatable bonds is 4. The molecular weight excluding hydrogens is 232 g/mol. The number of carbonyl (C=O) groups is 2. The number of nitrogen functional groups attached to an aromatic ring is 1. The molecule has 0 aliphatic carbocycles. The highest BCUT2D eigenvalue weighted by molar-refractivity contribution is 5.94. The van der Waals surface area contributed by atoms with Crippen LogP contribution >= 0.6 is 0 Å². The van der Waals surface area contributed by atoms with Crippen molar-refractivity contribution in [2.24, 2.45) is 0 Å². The Morgan fingerprint density at radius 2 is 2.11 bits per heavy atom. The lowest BCUT2D eigenvalue weighted by atomic mass is 10.3. The minimum atomic E-state index is -0.311. The number of likely N-dealkylation sites (N-methyl/N-ethyl adjacent to an activating group) is 1. The van der Waals surface area contributed by atoms with Crippen LogP contribution in [0.2, 0.25) is 0 Å². The maximum absolute atomic E-state index is 11.9. The molecule has 0 spiro atoms. The van der Waals surface area contributed by atoms with Crippen LogP contribution in [0.15, 0.2) is 18.3 Å². The standard InChI is InChI=1S/C12H18N4O2/c1-8(2)15-11(17)7-16(3)12(18)10-5-4-9(13)6-14-10/h4-6,8H,7,13H2,1-3H3,(H,15,17). The molecule has 0 bridgehead atoms. The van der Waals surface area contributed by atoms with Gasteiger partial charge in [0, 0.05) is 13.1 Å². The molecular formula is C12H18N4O2. The normalized spacial score (nSPS) is 10.2. The average Bonchev–Trinajstić information content (AvgIpc) is 2.27. The van der Waals surface area contributed by atoms with Crippen LogP contribution < -0.4 is 11.1 Å². The largest absolute Gasteiger partial charge is 0.397 e. The van der Waals surface area contributed by atoms with E-state index in [4.69, 9.17) is 5.73 Å². The first-order valence-corrected chi connectivity index (χ1v) is 5.66. The number of nitrogens with two attached hydrogens (primary N) is 1. The van der Waals surface area contributed by atoms with Crippen molar-refractivity contribution in [1.82, 2.24) is 15.2 Å². The third-order valence-corrected chi connectivity index (χ3v) is 2.18. The monoisotopic (exact) mass is 250 g/mol. The summed E-state index contributed by atoms with van der Waals surface area (Å²) >= 11 is 0. The fourth-order valence-electron chi connectivity index (χ4n) is 1.38. The molecule has 1 rings (SSSR count). The maximum Gasteiger partial charge on any atom is 0.272 e. The van der Waals surface area contributed by atoms with Gasteiger partial charge in [0.05, 0.1) is 18.4 Å². The summed E-state index contributed by atoms with van der Waals surface area (Å²) in [6.07, 6.45) is 1.41. The molecule has 0 aliphatic rings. The lowest BCUT2D eigenvalue weighted by molar-refractivity contribution is -0.122. The van der Waals surface area contributed by atoms with Gasteiger partial charge in [0.1, 0.15) is 5.69 Å². The van der Waals surface area contributed by atoms with Crippen molar-refractivity contribution in [3.63, 3.8) is 0 Å². The summed E-state index contributed by atoms with van der Waals surface area (Å²) in [6.45, 7) is 3.73. The molecule has 1 aromatic heterocycles. The third kappa shape index (κ3) is 4.04. The first-order valence-electron chi connectivity index (χ1n) is 5.66. The molecule has 0 fully saturated rings. The van der Waals surface area contributed by atoms with Crippen molar-refractivity contribution >= 4 is 17.5 Å². The summed E-state index contributed by atoms with van der Waals surface area (Å²) in [6, 6.07) is 3.19. The van der Waals surface area contributed by atoms with E-state index in [-0.39, 0.29) is 30.1 Å². The highest BCUT2D eigenvalue weighted by atomic mass is 16.2. The Bertz CT molecular complexity index is 428. The summed E-state index contributed by atoms with van der Waals surface area (Å²) in [5, 5.41) is 2.72. The zero-order valence-electron chi connectivity index (χ0n) is 10.8. The smallest absolute Gasteiger partial charge is 0.272 e. The second kappa shape index (κ2) is 6.00. The second-order valence-corrected chi connectivity index (χ2v) is 4.36. The van der Waals surface area contributed by atoms with Gasteiger partial charge in [0.15, 0.2) is 0 Å². The van der Waals surface area contributed by atoms with E-state index in [1.54, 1.807) is 13.1 Å². The average molecular weight is 250 g/mol. The van der Waals surface area contributed by atoms with Crippen LogP contribution in [0.5, 0.6) is 0 Å². The molecule has 0 aromatic carbocycles. The SMILES string of the molecule is CC(C)NC(=O)CN(C)C(=O)c1ccc(N)cn1. The van der Waals surface area contributed by atoms with Crippen molar-refractivity contribution in [1.29, 1.82) is 0 Å². The molecule has 1 heterocycles. The number of pyridine rings is 1. The number of carbonyl (C=O) groups excluding carboxylic acids is 2. The molecule has 0 radical (unpaired) electrons. The molecule has 6 heteroatoms. The molecule has 6 nitrogen and oxygen atoms in total. The Balaban J connectivity index is 2.61. The summed E-state index contributed by atoms with van der Waals surface area (Å²) in [4.78, 5) is 28.7. The topological polar surface area (TPSA) is 88.3 Å². The van der Waals surface area contributed by atoms with E-state index >= 15 is 0 Å². The Hall–Kier alpha value is -2.11. The van der Waals surface area contributed by atoms with E-state index in [1.165, 1.54) is 17.2 Å². The van der Waals surface area contributed by atoms with Crippen molar-refractivity contribution in [3.8, 4) is 0 Å². The Morgan fingerprint density at radius 1 is 1.44 bits per heavy atom. The van der Waals surface area contributed by atoms with Gasteiger partial charge in [-0.05, 0) is 26.0 Å². The number of nitrogens with one attached hydrogen (secondary N) is 1. The van der Waals surface area contributed by atoms with Crippen LogP contribution in [0, 0.1) is 0 Å². The predicted molar refractivity (Wildman–Crippen MR) is 68.9 cm³/mol. The lowest BCUT2D eigenvalue weighted by Gasteiger charge is -2.17. The number of hydrogen-bond donors (Lipinski definition) is 2. The molecule has 0 unspecified atom stereocenters. The van der Waals surface area contributed by atoms with Gasteiger partial charge >= 0.3 is 0 Å². The number of nitrogens with zero attached hydrogens (tertiary/aromatic N) is 2. The Labute approximate surface area is 106 Å². The Morgan fingerprint density at radius 3 is 2.61 bits per heavy atom. The van der Waals surface area contributed by atoms with Gasteiger partial charge in [-0.3, -0.25) is 9.59 Å². The molecule has 0 saturated heterocycles. The molecule has 0 saturated carbocycles. The fourth-order valence-corrected chi connectivity index (χ4v) is 1.38. The van der Waals surface area contributed by atoms with Crippen LogP contribution in [0.25, 0.3) is 0 Å². The quantitative estimate of drug-likeness (QED) is 0.802. The van der Waals surface area contributed by atoms with E-state index in [0.717, 1.165) is 0 Å². The van der Waals surface area contributed by atoms with Crippen molar-refractivity contribution < 1.29 is 9.59 Å². The molecule has 98 valence electrons. The van der Waals surface area contributed by atoms with Gasteiger partial charge in [0.25, 0.3) is 5.91 Å². The highest BCUT2D eigenvalue weighted by Crippen LogP contribution is 2.03. The zero-order chi connectivity index (χ0) is 13.7. The van der Waals surface area contributed by atoms with Gasteiger partial charge < -0.3 is 16.0 Å². The Kier molecular flexibility index (Phi) is 4.65. The minimum Gasteiger partial charge on any atom is -0.397 e. The number of anilines is 1. The highest BCUT2D eigenvalue weighted by Gasteiger charge is 2.16. The minimum absolute atomic E-state index is 0.00305. The van der Waals surface area contributed by atoms with Crippen LogP contribution in [0.1, 0.15) is 24.3 Å². The van der Waals surface area contributed by atoms with E-state index in [0.29, 0.717) is 5.69 Å². The second-order valence-electron chi connectivity index (χ2n) is 4.36. The predicted octanol–water partition coefficient (Wildman–Crippen LogP) is 0.260. The van der Waals surface area contributed by atoms with Gasteiger partial charge in [-0.25, -0.2) is 4.98 Å². The van der Waals surface area contributed by atoms with Crippen LogP contribution in [0.4, 0.5) is 5.69 Å². The molecule has 18 heavy (non-hydrogen) atoms. The summed E-state index contributed by atoms with van der Waals surface area (Å²) in [5.41, 5.74) is 6.25. The molecule has 0 atom stereocenters. The molecule has 0 aliphatic heterocycles. The van der Waals surface area contributed by atoms with Crippen LogP contribution in [-0.2, 0) is 4.79 Å². The lowest BCUT2D eigenvalue weighted by Crippen LogP contribution is -2.41. The first-order chi connectivity index (χ1) is 8.40. The number of amides is 2. The van der Waals surface area contributed by atoms with Gasteiger partial charge in [0.2, 0.25) is 5.91 Å². The maximum atomic E-state index is 11.9. The summed E-state index contributed by atoms with van der Waals surface area (Å²) < 4.78 is 0. The zero-order valence-corrected chi connectivity index (χ0v) is 10.8. The molecule has 2 amide bonds.